The highest BCUT2D eigenvalue weighted by Gasteiger charge is 2.08. The molecule has 0 saturated carbocycles. The van der Waals surface area contributed by atoms with Gasteiger partial charge in [-0.25, -0.2) is 8.78 Å². The van der Waals surface area contributed by atoms with Crippen molar-refractivity contribution in [2.75, 3.05) is 5.43 Å². The van der Waals surface area contributed by atoms with Crippen LogP contribution in [0.1, 0.15) is 0 Å². The maximum absolute atomic E-state index is 13.3. The number of rotatable bonds is 3. The van der Waals surface area contributed by atoms with Crippen molar-refractivity contribution in [1.82, 2.24) is 0 Å². The van der Waals surface area contributed by atoms with Crippen LogP contribution in [0.5, 0.6) is 0 Å². The minimum absolute atomic E-state index is 0.338. The zero-order valence-corrected chi connectivity index (χ0v) is 10.6. The summed E-state index contributed by atoms with van der Waals surface area (Å²) in [7, 11) is 0. The lowest BCUT2D eigenvalue weighted by Crippen LogP contribution is -1.98. The van der Waals surface area contributed by atoms with Crippen molar-refractivity contribution in [2.24, 2.45) is 5.10 Å². The van der Waals surface area contributed by atoms with Gasteiger partial charge in [-0.1, -0.05) is 24.3 Å². The summed E-state index contributed by atoms with van der Waals surface area (Å²) in [4.78, 5) is 0. The van der Waals surface area contributed by atoms with Gasteiger partial charge in [-0.05, 0) is 23.8 Å². The van der Waals surface area contributed by atoms with Gasteiger partial charge in [0.25, 0.3) is 0 Å². The minimum atomic E-state index is -0.958. The highest BCUT2D eigenvalue weighted by atomic mass is 19.2. The first kappa shape index (κ1) is 14.2. The molecule has 4 nitrogen and oxygen atoms in total. The Hall–Kier alpha value is -3.25. The van der Waals surface area contributed by atoms with Crippen molar-refractivity contribution < 1.29 is 8.78 Å². The highest BCUT2D eigenvalue weighted by Crippen LogP contribution is 2.28. The van der Waals surface area contributed by atoms with Crippen LogP contribution in [-0.4, -0.2) is 5.71 Å². The number of nitriles is 2. The molecule has 0 spiro atoms. The predicted octanol–water partition coefficient (Wildman–Crippen LogP) is 3.45. The number of nitrogens with one attached hydrogen (secondary N) is 1. The number of halogens is 2. The molecular weight excluding hydrogens is 274 g/mol. The van der Waals surface area contributed by atoms with E-state index in [0.717, 1.165) is 12.1 Å². The van der Waals surface area contributed by atoms with E-state index in [1.807, 2.05) is 0 Å². The van der Waals surface area contributed by atoms with Gasteiger partial charge in [0.05, 0.1) is 5.69 Å². The molecule has 0 aliphatic carbocycles. The second-order valence-electron chi connectivity index (χ2n) is 3.97. The molecule has 0 atom stereocenters. The van der Waals surface area contributed by atoms with Gasteiger partial charge in [-0.15, -0.1) is 0 Å². The molecule has 21 heavy (non-hydrogen) atoms. The van der Waals surface area contributed by atoms with Gasteiger partial charge in [0.1, 0.15) is 12.1 Å². The lowest BCUT2D eigenvalue weighted by molar-refractivity contribution is 0.509. The fraction of sp³-hybridized carbons (Fsp3) is 0. The second kappa shape index (κ2) is 6.27. The molecule has 0 bridgehead atoms. The van der Waals surface area contributed by atoms with Gasteiger partial charge in [0, 0.05) is 5.56 Å². The topological polar surface area (TPSA) is 72.0 Å². The van der Waals surface area contributed by atoms with E-state index in [2.05, 4.69) is 10.5 Å². The number of benzene rings is 2. The molecule has 0 radical (unpaired) electrons. The van der Waals surface area contributed by atoms with Crippen molar-refractivity contribution in [3.05, 3.63) is 54.1 Å². The Morgan fingerprint density at radius 3 is 2.38 bits per heavy atom. The summed E-state index contributed by atoms with van der Waals surface area (Å²) in [5.41, 5.74) is 3.71. The Labute approximate surface area is 119 Å². The van der Waals surface area contributed by atoms with Crippen LogP contribution >= 0.6 is 0 Å². The SMILES string of the molecule is N#CC(C#N)=NNc1ccccc1-c1ccc(F)c(F)c1. The fourth-order valence-corrected chi connectivity index (χ4v) is 1.69. The molecule has 0 saturated heterocycles. The third-order valence-corrected chi connectivity index (χ3v) is 2.66. The standard InChI is InChI=1S/C15H8F2N4/c16-13-6-5-10(7-14(13)17)12-3-1-2-4-15(12)21-20-11(8-18)9-19/h1-7,21H. The largest absolute Gasteiger partial charge is 0.276 e. The summed E-state index contributed by atoms with van der Waals surface area (Å²) in [5, 5.41) is 20.9. The lowest BCUT2D eigenvalue weighted by Gasteiger charge is -2.09. The molecule has 0 amide bonds. The normalized spacial score (nSPS) is 9.33. The summed E-state index contributed by atoms with van der Waals surface area (Å²) in [6, 6.07) is 13.5. The van der Waals surface area contributed by atoms with E-state index < -0.39 is 11.6 Å². The molecule has 0 fully saturated rings. The van der Waals surface area contributed by atoms with Crippen molar-refractivity contribution in [3.8, 4) is 23.3 Å². The third-order valence-electron chi connectivity index (χ3n) is 2.66. The molecule has 0 aliphatic rings. The van der Waals surface area contributed by atoms with Crippen LogP contribution in [0.3, 0.4) is 0 Å². The quantitative estimate of drug-likeness (QED) is 0.692. The lowest BCUT2D eigenvalue weighted by atomic mass is 10.0. The van der Waals surface area contributed by atoms with Crippen molar-refractivity contribution in [3.63, 3.8) is 0 Å². The average Bonchev–Trinajstić information content (AvgIpc) is 2.51. The van der Waals surface area contributed by atoms with E-state index >= 15 is 0 Å². The van der Waals surface area contributed by atoms with Crippen LogP contribution in [0.2, 0.25) is 0 Å². The first-order chi connectivity index (χ1) is 10.2. The Morgan fingerprint density at radius 1 is 1.00 bits per heavy atom. The van der Waals surface area contributed by atoms with E-state index in [1.54, 1.807) is 36.4 Å². The first-order valence-corrected chi connectivity index (χ1v) is 5.84. The van der Waals surface area contributed by atoms with Gasteiger partial charge < -0.3 is 0 Å². The van der Waals surface area contributed by atoms with Crippen LogP contribution in [0, 0.1) is 34.3 Å². The molecule has 0 unspecified atom stereocenters. The maximum Gasteiger partial charge on any atom is 0.237 e. The molecule has 2 aromatic carbocycles. The van der Waals surface area contributed by atoms with Crippen LogP contribution < -0.4 is 5.43 Å². The molecule has 1 N–H and O–H groups in total. The molecule has 2 aromatic rings. The van der Waals surface area contributed by atoms with E-state index in [-0.39, 0.29) is 5.71 Å². The van der Waals surface area contributed by atoms with Crippen LogP contribution in [0.25, 0.3) is 11.1 Å². The molecule has 102 valence electrons. The summed E-state index contributed by atoms with van der Waals surface area (Å²) < 4.78 is 26.3. The van der Waals surface area contributed by atoms with Crippen molar-refractivity contribution in [2.45, 2.75) is 0 Å². The van der Waals surface area contributed by atoms with Gasteiger partial charge in [-0.2, -0.15) is 15.6 Å². The Balaban J connectivity index is 2.42. The smallest absolute Gasteiger partial charge is 0.237 e. The summed E-state index contributed by atoms with van der Waals surface area (Å²) in [6.07, 6.45) is 0. The number of para-hydroxylation sites is 1. The number of anilines is 1. The summed E-state index contributed by atoms with van der Waals surface area (Å²) >= 11 is 0. The molecular formula is C15H8F2N4. The summed E-state index contributed by atoms with van der Waals surface area (Å²) in [6.45, 7) is 0. The van der Waals surface area contributed by atoms with Crippen LogP contribution in [-0.2, 0) is 0 Å². The number of hydrogen-bond acceptors (Lipinski definition) is 4. The molecule has 0 heterocycles. The Kier molecular flexibility index (Phi) is 4.23. The molecule has 2 rings (SSSR count). The van der Waals surface area contributed by atoms with Gasteiger partial charge >= 0.3 is 0 Å². The van der Waals surface area contributed by atoms with Crippen molar-refractivity contribution >= 4 is 11.4 Å². The maximum atomic E-state index is 13.3. The van der Waals surface area contributed by atoms with Gasteiger partial charge in [-0.3, -0.25) is 5.43 Å². The molecule has 0 aliphatic heterocycles. The van der Waals surface area contributed by atoms with Crippen molar-refractivity contribution in [1.29, 1.82) is 10.5 Å². The minimum Gasteiger partial charge on any atom is -0.276 e. The van der Waals surface area contributed by atoms with Gasteiger partial charge in [0.15, 0.2) is 11.6 Å². The first-order valence-electron chi connectivity index (χ1n) is 5.84. The third kappa shape index (κ3) is 3.20. The van der Waals surface area contributed by atoms with E-state index in [9.17, 15) is 8.78 Å². The predicted molar refractivity (Wildman–Crippen MR) is 74.1 cm³/mol. The Bertz CT molecular complexity index is 769. The summed E-state index contributed by atoms with van der Waals surface area (Å²) in [5.74, 6) is -1.89. The Morgan fingerprint density at radius 2 is 1.71 bits per heavy atom. The van der Waals surface area contributed by atoms with Crippen LogP contribution in [0.4, 0.5) is 14.5 Å². The van der Waals surface area contributed by atoms with E-state index in [4.69, 9.17) is 10.5 Å². The van der Waals surface area contributed by atoms with E-state index in [0.29, 0.717) is 16.8 Å². The number of nitrogens with zero attached hydrogens (tertiary/aromatic N) is 3. The second-order valence-corrected chi connectivity index (χ2v) is 3.97. The molecule has 6 heteroatoms. The fourth-order valence-electron chi connectivity index (χ4n) is 1.69. The van der Waals surface area contributed by atoms with E-state index in [1.165, 1.54) is 6.07 Å². The van der Waals surface area contributed by atoms with Gasteiger partial charge in [0.2, 0.25) is 5.71 Å². The number of hydrazone groups is 1. The average molecular weight is 282 g/mol. The zero-order valence-electron chi connectivity index (χ0n) is 10.6. The zero-order chi connectivity index (χ0) is 15.2. The highest BCUT2D eigenvalue weighted by molar-refractivity contribution is 6.10. The monoisotopic (exact) mass is 282 g/mol. The van der Waals surface area contributed by atoms with Crippen LogP contribution in [0.15, 0.2) is 47.6 Å². The molecule has 0 aromatic heterocycles. The number of hydrogen-bond donors (Lipinski definition) is 1.